The van der Waals surface area contributed by atoms with Crippen LogP contribution in [-0.4, -0.2) is 22.2 Å². The van der Waals surface area contributed by atoms with Gasteiger partial charge < -0.3 is 15.2 Å². The summed E-state index contributed by atoms with van der Waals surface area (Å²) in [4.78, 5) is 4.30. The number of nitrogens with zero attached hydrogens (tertiary/aromatic N) is 1. The summed E-state index contributed by atoms with van der Waals surface area (Å²) in [5, 5.41) is 13.6. The monoisotopic (exact) mass is 340 g/mol. The minimum absolute atomic E-state index is 0.211. The zero-order chi connectivity index (χ0) is 17.6. The van der Waals surface area contributed by atoms with Gasteiger partial charge in [-0.15, -0.1) is 0 Å². The summed E-state index contributed by atoms with van der Waals surface area (Å²) < 4.78 is 6.00. The third-order valence-corrected chi connectivity index (χ3v) is 4.91. The fourth-order valence-electron chi connectivity index (χ4n) is 3.60. The SMILES string of the molecule is Cc1cc(CN[C@H]2CCCC[C@H]2O)cc(C)c1OCc1ccccn1. The van der Waals surface area contributed by atoms with E-state index in [4.69, 9.17) is 4.74 Å². The van der Waals surface area contributed by atoms with Gasteiger partial charge in [0.1, 0.15) is 12.4 Å². The molecule has 1 aliphatic rings. The summed E-state index contributed by atoms with van der Waals surface area (Å²) in [6.45, 7) is 5.43. The molecular formula is C21H28N2O2. The van der Waals surface area contributed by atoms with Gasteiger partial charge in [0.2, 0.25) is 0 Å². The van der Waals surface area contributed by atoms with Crippen LogP contribution >= 0.6 is 0 Å². The fourth-order valence-corrected chi connectivity index (χ4v) is 3.60. The van der Waals surface area contributed by atoms with Crippen LogP contribution in [0.2, 0.25) is 0 Å². The average Bonchev–Trinajstić information content (AvgIpc) is 2.61. The van der Waals surface area contributed by atoms with Crippen LogP contribution in [0.1, 0.15) is 48.1 Å². The number of nitrogens with one attached hydrogen (secondary N) is 1. The number of benzene rings is 1. The molecule has 134 valence electrons. The number of hydrogen-bond acceptors (Lipinski definition) is 4. The smallest absolute Gasteiger partial charge is 0.130 e. The van der Waals surface area contributed by atoms with Gasteiger partial charge in [-0.2, -0.15) is 0 Å². The lowest BCUT2D eigenvalue weighted by atomic mass is 9.92. The van der Waals surface area contributed by atoms with Gasteiger partial charge in [0.25, 0.3) is 0 Å². The lowest BCUT2D eigenvalue weighted by Crippen LogP contribution is -2.41. The van der Waals surface area contributed by atoms with Crippen LogP contribution in [0.4, 0.5) is 0 Å². The maximum atomic E-state index is 10.1. The van der Waals surface area contributed by atoms with Crippen molar-refractivity contribution in [1.29, 1.82) is 0 Å². The van der Waals surface area contributed by atoms with Crippen LogP contribution in [0.3, 0.4) is 0 Å². The molecule has 4 heteroatoms. The van der Waals surface area contributed by atoms with Gasteiger partial charge in [0.15, 0.2) is 0 Å². The van der Waals surface area contributed by atoms with Crippen molar-refractivity contribution in [1.82, 2.24) is 10.3 Å². The highest BCUT2D eigenvalue weighted by Gasteiger charge is 2.22. The highest BCUT2D eigenvalue weighted by molar-refractivity contribution is 5.43. The molecule has 1 aromatic carbocycles. The van der Waals surface area contributed by atoms with E-state index in [1.165, 1.54) is 12.0 Å². The predicted molar refractivity (Wildman–Crippen MR) is 99.6 cm³/mol. The number of aromatic nitrogens is 1. The Hall–Kier alpha value is -1.91. The maximum Gasteiger partial charge on any atom is 0.130 e. The van der Waals surface area contributed by atoms with Crippen molar-refractivity contribution in [3.63, 3.8) is 0 Å². The highest BCUT2D eigenvalue weighted by atomic mass is 16.5. The largest absolute Gasteiger partial charge is 0.487 e. The first-order valence-corrected chi connectivity index (χ1v) is 9.18. The molecule has 0 saturated heterocycles. The molecule has 1 fully saturated rings. The molecule has 1 aliphatic carbocycles. The summed E-state index contributed by atoms with van der Waals surface area (Å²) in [6, 6.07) is 10.4. The number of aryl methyl sites for hydroxylation is 2. The van der Waals surface area contributed by atoms with Crippen molar-refractivity contribution >= 4 is 0 Å². The van der Waals surface area contributed by atoms with Crippen molar-refractivity contribution in [2.24, 2.45) is 0 Å². The first-order valence-electron chi connectivity index (χ1n) is 9.18. The van der Waals surface area contributed by atoms with Crippen LogP contribution in [0.15, 0.2) is 36.5 Å². The van der Waals surface area contributed by atoms with Gasteiger partial charge in [0.05, 0.1) is 11.8 Å². The minimum Gasteiger partial charge on any atom is -0.487 e. The van der Waals surface area contributed by atoms with Crippen molar-refractivity contribution in [3.8, 4) is 5.75 Å². The second-order valence-corrected chi connectivity index (χ2v) is 7.01. The Kier molecular flexibility index (Phi) is 6.05. The van der Waals surface area contributed by atoms with E-state index < -0.39 is 0 Å². The fraction of sp³-hybridized carbons (Fsp3) is 0.476. The molecule has 0 amide bonds. The molecule has 0 unspecified atom stereocenters. The number of aliphatic hydroxyl groups is 1. The van der Waals surface area contributed by atoms with Crippen molar-refractivity contribution in [2.45, 2.75) is 64.8 Å². The molecule has 2 N–H and O–H groups in total. The Balaban J connectivity index is 1.61. The van der Waals surface area contributed by atoms with Gasteiger partial charge >= 0.3 is 0 Å². The van der Waals surface area contributed by atoms with Crippen LogP contribution in [0.5, 0.6) is 5.75 Å². The third kappa shape index (κ3) is 4.80. The molecule has 25 heavy (non-hydrogen) atoms. The lowest BCUT2D eigenvalue weighted by Gasteiger charge is -2.28. The summed E-state index contributed by atoms with van der Waals surface area (Å²) in [5.74, 6) is 0.937. The summed E-state index contributed by atoms with van der Waals surface area (Å²) in [7, 11) is 0. The molecule has 1 heterocycles. The highest BCUT2D eigenvalue weighted by Crippen LogP contribution is 2.26. The van der Waals surface area contributed by atoms with Crippen molar-refractivity contribution < 1.29 is 9.84 Å². The quantitative estimate of drug-likeness (QED) is 0.842. The average molecular weight is 340 g/mol. The van der Waals surface area contributed by atoms with E-state index in [2.05, 4.69) is 36.3 Å². The minimum atomic E-state index is -0.211. The number of pyridine rings is 1. The van der Waals surface area contributed by atoms with Crippen LogP contribution < -0.4 is 10.1 Å². The standard InChI is InChI=1S/C21H28N2O2/c1-15-11-17(13-23-19-8-3-4-9-20(19)24)12-16(2)21(15)25-14-18-7-5-6-10-22-18/h5-7,10-12,19-20,23-24H,3-4,8-9,13-14H2,1-2H3/t19-,20+/m0/s1. The molecule has 0 radical (unpaired) electrons. The molecular weight excluding hydrogens is 312 g/mol. The molecule has 3 rings (SSSR count). The van der Waals surface area contributed by atoms with Gasteiger partial charge in [0, 0.05) is 18.8 Å². The zero-order valence-electron chi connectivity index (χ0n) is 15.2. The molecule has 1 aromatic heterocycles. The van der Waals surface area contributed by atoms with Gasteiger partial charge in [-0.1, -0.05) is 31.0 Å². The number of rotatable bonds is 6. The summed E-state index contributed by atoms with van der Waals surface area (Å²) in [5.41, 5.74) is 4.44. The second-order valence-electron chi connectivity index (χ2n) is 7.01. The molecule has 2 atom stereocenters. The normalized spacial score (nSPS) is 20.4. The van der Waals surface area contributed by atoms with Crippen LogP contribution in [0.25, 0.3) is 0 Å². The second kappa shape index (κ2) is 8.45. The summed E-state index contributed by atoms with van der Waals surface area (Å²) in [6.07, 6.45) is 5.89. The Bertz CT molecular complexity index is 665. The zero-order valence-corrected chi connectivity index (χ0v) is 15.2. The Morgan fingerprint density at radius 2 is 1.92 bits per heavy atom. The molecule has 0 aliphatic heterocycles. The Morgan fingerprint density at radius 1 is 1.16 bits per heavy atom. The number of aliphatic hydroxyl groups excluding tert-OH is 1. The molecule has 1 saturated carbocycles. The van der Waals surface area contributed by atoms with Crippen LogP contribution in [-0.2, 0) is 13.2 Å². The van der Waals surface area contributed by atoms with Gasteiger partial charge in [-0.25, -0.2) is 0 Å². The van der Waals surface area contributed by atoms with E-state index in [1.807, 2.05) is 18.2 Å². The molecule has 0 bridgehead atoms. The van der Waals surface area contributed by atoms with E-state index in [9.17, 15) is 5.11 Å². The van der Waals surface area contributed by atoms with E-state index in [-0.39, 0.29) is 12.1 Å². The molecule has 4 nitrogen and oxygen atoms in total. The first kappa shape index (κ1) is 17.9. The van der Waals surface area contributed by atoms with Crippen molar-refractivity contribution in [2.75, 3.05) is 0 Å². The maximum absolute atomic E-state index is 10.1. The Morgan fingerprint density at radius 3 is 2.60 bits per heavy atom. The number of hydrogen-bond donors (Lipinski definition) is 2. The predicted octanol–water partition coefficient (Wildman–Crippen LogP) is 3.67. The van der Waals surface area contributed by atoms with Crippen LogP contribution in [0, 0.1) is 13.8 Å². The van der Waals surface area contributed by atoms with Crippen molar-refractivity contribution in [3.05, 3.63) is 58.9 Å². The Labute approximate surface area is 150 Å². The topological polar surface area (TPSA) is 54.4 Å². The number of ether oxygens (including phenoxy) is 1. The van der Waals surface area contributed by atoms with E-state index in [1.54, 1.807) is 6.20 Å². The van der Waals surface area contributed by atoms with E-state index in [0.29, 0.717) is 6.61 Å². The molecule has 2 aromatic rings. The summed E-state index contributed by atoms with van der Waals surface area (Å²) >= 11 is 0. The lowest BCUT2D eigenvalue weighted by molar-refractivity contribution is 0.0902. The third-order valence-electron chi connectivity index (χ3n) is 4.91. The van der Waals surface area contributed by atoms with E-state index >= 15 is 0 Å². The molecule has 0 spiro atoms. The first-order chi connectivity index (χ1) is 12.1. The van der Waals surface area contributed by atoms with E-state index in [0.717, 1.165) is 48.4 Å². The van der Waals surface area contributed by atoms with Gasteiger partial charge in [-0.3, -0.25) is 4.98 Å². The van der Waals surface area contributed by atoms with Gasteiger partial charge in [-0.05, 0) is 55.5 Å².